The van der Waals surface area contributed by atoms with E-state index < -0.39 is 43.2 Å². The van der Waals surface area contributed by atoms with Crippen molar-refractivity contribution in [1.29, 1.82) is 0 Å². The van der Waals surface area contributed by atoms with Gasteiger partial charge in [-0.25, -0.2) is 0 Å². The predicted octanol–water partition coefficient (Wildman–Crippen LogP) is 3.37. The summed E-state index contributed by atoms with van der Waals surface area (Å²) in [6.07, 6.45) is 12.8. The number of rotatable bonds is 34. The molecular weight excluding hydrogens is 622 g/mol. The van der Waals surface area contributed by atoms with Crippen LogP contribution in [0.4, 0.5) is 0 Å². The van der Waals surface area contributed by atoms with E-state index in [1.165, 1.54) is 14.2 Å². The second-order valence-electron chi connectivity index (χ2n) is 13.4. The Hall–Kier alpha value is -1.38. The second kappa shape index (κ2) is 31.6. The molecule has 48 heavy (non-hydrogen) atoms. The standard InChI is InChI=1S/C36H71NO11/c1-47-33(43)23-19-15-11-7-3-5-9-13-17-21-29(39)25-37(27-31(41)35(45)36(46)32(42)28-38)26-30(40)22-18-14-10-6-4-8-12-16-20-24-34(44)48-2/h29-32,35-36,38-42,45-46H,3-28H2,1-2H3/t29?,30?,31-,32+,35+,36+/m0/s1. The van der Waals surface area contributed by atoms with Crippen LogP contribution in [0.3, 0.4) is 0 Å². The van der Waals surface area contributed by atoms with E-state index in [2.05, 4.69) is 9.47 Å². The summed E-state index contributed by atoms with van der Waals surface area (Å²) in [4.78, 5) is 24.0. The van der Waals surface area contributed by atoms with Crippen LogP contribution in [0.1, 0.15) is 141 Å². The van der Waals surface area contributed by atoms with Crippen LogP contribution in [0.2, 0.25) is 0 Å². The first-order valence-corrected chi connectivity index (χ1v) is 18.6. The highest BCUT2D eigenvalue weighted by molar-refractivity contribution is 5.69. The van der Waals surface area contributed by atoms with Gasteiger partial charge in [-0.05, 0) is 25.7 Å². The third-order valence-corrected chi connectivity index (χ3v) is 9.00. The van der Waals surface area contributed by atoms with Crippen LogP contribution in [-0.2, 0) is 19.1 Å². The summed E-state index contributed by atoms with van der Waals surface area (Å²) >= 11 is 0. The molecule has 6 atom stereocenters. The van der Waals surface area contributed by atoms with Crippen LogP contribution < -0.4 is 0 Å². The molecule has 0 radical (unpaired) electrons. The van der Waals surface area contributed by atoms with Crippen molar-refractivity contribution in [1.82, 2.24) is 4.90 Å². The quantitative estimate of drug-likeness (QED) is 0.0384. The number of methoxy groups -OCH3 is 2. The lowest BCUT2D eigenvalue weighted by Crippen LogP contribution is -2.51. The minimum Gasteiger partial charge on any atom is -0.469 e. The fourth-order valence-corrected chi connectivity index (χ4v) is 5.92. The zero-order valence-corrected chi connectivity index (χ0v) is 30.1. The first-order valence-electron chi connectivity index (χ1n) is 18.6. The number of carbonyl (C=O) groups excluding carboxylic acids is 2. The normalized spacial score (nSPS) is 15.5. The Kier molecular flexibility index (Phi) is 30.7. The van der Waals surface area contributed by atoms with Crippen molar-refractivity contribution in [2.75, 3.05) is 40.5 Å². The van der Waals surface area contributed by atoms with E-state index >= 15 is 0 Å². The molecule has 0 aromatic heterocycles. The number of nitrogens with zero attached hydrogens (tertiary/aromatic N) is 1. The summed E-state index contributed by atoms with van der Waals surface area (Å²) < 4.78 is 9.31. The minimum atomic E-state index is -1.73. The lowest BCUT2D eigenvalue weighted by Gasteiger charge is -2.32. The Morgan fingerprint density at radius 2 is 0.792 bits per heavy atom. The van der Waals surface area contributed by atoms with Crippen LogP contribution in [0.5, 0.6) is 0 Å². The van der Waals surface area contributed by atoms with Gasteiger partial charge >= 0.3 is 11.9 Å². The molecule has 0 aromatic carbocycles. The number of ether oxygens (including phenoxy) is 2. The topological polar surface area (TPSA) is 197 Å². The number of hydrogen-bond acceptors (Lipinski definition) is 12. The van der Waals surface area contributed by atoms with Crippen LogP contribution in [0.15, 0.2) is 0 Å². The number of esters is 2. The summed E-state index contributed by atoms with van der Waals surface area (Å²) in [6, 6.07) is 0. The van der Waals surface area contributed by atoms with Gasteiger partial charge in [0.2, 0.25) is 0 Å². The van der Waals surface area contributed by atoms with E-state index in [4.69, 9.17) is 5.11 Å². The number of aliphatic hydroxyl groups excluding tert-OH is 7. The van der Waals surface area contributed by atoms with Gasteiger partial charge in [-0.3, -0.25) is 14.5 Å². The van der Waals surface area contributed by atoms with Gasteiger partial charge < -0.3 is 45.2 Å². The van der Waals surface area contributed by atoms with E-state index in [-0.39, 0.29) is 31.6 Å². The average Bonchev–Trinajstić information content (AvgIpc) is 3.07. The second-order valence-corrected chi connectivity index (χ2v) is 13.4. The van der Waals surface area contributed by atoms with Crippen molar-refractivity contribution in [2.45, 2.75) is 178 Å². The molecule has 0 bridgehead atoms. The number of carbonyl (C=O) groups is 2. The maximum atomic E-state index is 11.1. The Labute approximate surface area is 289 Å². The fourth-order valence-electron chi connectivity index (χ4n) is 5.92. The summed E-state index contributed by atoms with van der Waals surface area (Å²) in [6.45, 7) is -0.515. The van der Waals surface area contributed by atoms with Crippen molar-refractivity contribution in [3.63, 3.8) is 0 Å². The Morgan fingerprint density at radius 1 is 0.479 bits per heavy atom. The molecule has 286 valence electrons. The molecule has 0 amide bonds. The molecule has 0 heterocycles. The Morgan fingerprint density at radius 3 is 1.12 bits per heavy atom. The van der Waals surface area contributed by atoms with Gasteiger partial charge in [0.1, 0.15) is 18.3 Å². The first-order chi connectivity index (χ1) is 23.0. The zero-order valence-electron chi connectivity index (χ0n) is 30.1. The predicted molar refractivity (Wildman–Crippen MR) is 185 cm³/mol. The third kappa shape index (κ3) is 26.5. The SMILES string of the molecule is COC(=O)CCCCCCCCCCCC(O)CN(CC(O)CCCCCCCCCCCC(=O)OC)C[C@H](O)[C@@H](O)[C@H](O)[C@H](O)CO. The van der Waals surface area contributed by atoms with Crippen molar-refractivity contribution in [3.8, 4) is 0 Å². The molecule has 0 spiro atoms. The number of hydrogen-bond donors (Lipinski definition) is 7. The maximum absolute atomic E-state index is 11.1. The van der Waals surface area contributed by atoms with Gasteiger partial charge in [-0.15, -0.1) is 0 Å². The Bertz CT molecular complexity index is 713. The van der Waals surface area contributed by atoms with Gasteiger partial charge in [0.25, 0.3) is 0 Å². The van der Waals surface area contributed by atoms with Crippen LogP contribution >= 0.6 is 0 Å². The fraction of sp³-hybridized carbons (Fsp3) is 0.944. The molecule has 0 aliphatic heterocycles. The third-order valence-electron chi connectivity index (χ3n) is 9.00. The van der Waals surface area contributed by atoms with Crippen molar-refractivity contribution in [3.05, 3.63) is 0 Å². The van der Waals surface area contributed by atoms with E-state index in [0.29, 0.717) is 25.7 Å². The van der Waals surface area contributed by atoms with Crippen molar-refractivity contribution < 1.29 is 54.8 Å². The summed E-state index contributed by atoms with van der Waals surface area (Å²) in [5.41, 5.74) is 0. The number of aliphatic hydroxyl groups is 7. The summed E-state index contributed by atoms with van der Waals surface area (Å²) in [5, 5.41) is 71.2. The zero-order chi connectivity index (χ0) is 36.0. The molecule has 12 nitrogen and oxygen atoms in total. The number of unbranched alkanes of at least 4 members (excludes halogenated alkanes) is 16. The molecule has 0 aliphatic rings. The molecule has 0 aliphatic carbocycles. The van der Waals surface area contributed by atoms with Gasteiger partial charge in [-0.2, -0.15) is 0 Å². The molecular formula is C36H71NO11. The van der Waals surface area contributed by atoms with Crippen molar-refractivity contribution >= 4 is 11.9 Å². The highest BCUT2D eigenvalue weighted by Gasteiger charge is 2.31. The van der Waals surface area contributed by atoms with Gasteiger partial charge in [0.15, 0.2) is 0 Å². The lowest BCUT2D eigenvalue weighted by atomic mass is 10.0. The summed E-state index contributed by atoms with van der Waals surface area (Å²) in [7, 11) is 2.82. The van der Waals surface area contributed by atoms with Crippen molar-refractivity contribution in [2.24, 2.45) is 0 Å². The first kappa shape index (κ1) is 46.6. The van der Waals surface area contributed by atoms with Crippen LogP contribution in [0.25, 0.3) is 0 Å². The van der Waals surface area contributed by atoms with Gasteiger partial charge in [-0.1, -0.05) is 103 Å². The maximum Gasteiger partial charge on any atom is 0.305 e. The van der Waals surface area contributed by atoms with Gasteiger partial charge in [0.05, 0.1) is 39.1 Å². The van der Waals surface area contributed by atoms with Crippen LogP contribution in [0, 0.1) is 0 Å². The van der Waals surface area contributed by atoms with E-state index in [1.54, 1.807) is 4.90 Å². The highest BCUT2D eigenvalue weighted by atomic mass is 16.5. The molecule has 2 unspecified atom stereocenters. The molecule has 0 fully saturated rings. The molecule has 12 heteroatoms. The van der Waals surface area contributed by atoms with Crippen LogP contribution in [-0.4, -0.2) is 130 Å². The molecule has 0 rings (SSSR count). The van der Waals surface area contributed by atoms with E-state index in [9.17, 15) is 40.2 Å². The average molecular weight is 694 g/mol. The molecule has 0 aromatic rings. The smallest absolute Gasteiger partial charge is 0.305 e. The van der Waals surface area contributed by atoms with E-state index in [0.717, 1.165) is 116 Å². The molecule has 0 saturated heterocycles. The summed E-state index contributed by atoms with van der Waals surface area (Å²) in [5.74, 6) is -0.310. The highest BCUT2D eigenvalue weighted by Crippen LogP contribution is 2.16. The monoisotopic (exact) mass is 694 g/mol. The van der Waals surface area contributed by atoms with Gasteiger partial charge in [0, 0.05) is 32.5 Å². The Balaban J connectivity index is 4.45. The molecule has 0 saturated carbocycles. The minimum absolute atomic E-state index is 0.121. The molecule has 7 N–H and O–H groups in total. The largest absolute Gasteiger partial charge is 0.469 e. The van der Waals surface area contributed by atoms with E-state index in [1.807, 2.05) is 0 Å². The lowest BCUT2D eigenvalue weighted by molar-refractivity contribution is -0.141.